The number of phosphoric ester groups is 1. The van der Waals surface area contributed by atoms with Crippen molar-refractivity contribution in [3.05, 3.63) is 48.6 Å². The van der Waals surface area contributed by atoms with Crippen LogP contribution in [-0.2, 0) is 23.1 Å². The zero-order valence-corrected chi connectivity index (χ0v) is 35.7. The average molecular weight is 755 g/mol. The van der Waals surface area contributed by atoms with Crippen molar-refractivity contribution in [3.8, 4) is 0 Å². The van der Waals surface area contributed by atoms with Gasteiger partial charge < -0.3 is 18.9 Å². The molecule has 0 radical (unpaired) electrons. The Morgan fingerprint density at radius 1 is 0.519 bits per heavy atom. The molecule has 0 amide bonds. The van der Waals surface area contributed by atoms with E-state index in [1.165, 1.54) is 109 Å². The van der Waals surface area contributed by atoms with Crippen molar-refractivity contribution in [1.82, 2.24) is 0 Å². The Labute approximate surface area is 322 Å². The summed E-state index contributed by atoms with van der Waals surface area (Å²) in [4.78, 5) is 10.2. The lowest BCUT2D eigenvalue weighted by Crippen LogP contribution is -2.37. The highest BCUT2D eigenvalue weighted by atomic mass is 31.2. The van der Waals surface area contributed by atoms with Crippen LogP contribution in [0.4, 0.5) is 0 Å². The van der Waals surface area contributed by atoms with E-state index in [4.69, 9.17) is 18.5 Å². The molecule has 0 aliphatic heterocycles. The maximum atomic E-state index is 12.5. The number of hydrogen-bond donors (Lipinski definition) is 1. The summed E-state index contributed by atoms with van der Waals surface area (Å²) in [6.07, 6.45) is 47.0. The number of ether oxygens (including phenoxy) is 2. The smallest absolute Gasteiger partial charge is 0.379 e. The van der Waals surface area contributed by atoms with Gasteiger partial charge in [-0.3, -0.25) is 9.05 Å². The molecule has 0 aromatic carbocycles. The molecule has 0 aromatic rings. The molecule has 52 heavy (non-hydrogen) atoms. The third-order valence-corrected chi connectivity index (χ3v) is 9.92. The Morgan fingerprint density at radius 2 is 0.942 bits per heavy atom. The standard InChI is InChI=1S/C44H84NO6P/c1-6-8-10-12-14-16-18-20-22-24-26-28-30-32-34-36-39-48-42-44(43-51-52(46,47)50-41-38-45(3,4)5)49-40-37-35-33-31-29-27-25-23-21-19-17-15-13-11-9-7-2/h14-17,20-23,44H,6-13,18-19,24-43H2,1-5H3/p+1/t44-/m1/s1. The summed E-state index contributed by atoms with van der Waals surface area (Å²) in [7, 11) is 1.88. The predicted molar refractivity (Wildman–Crippen MR) is 224 cm³/mol. The van der Waals surface area contributed by atoms with E-state index in [1.807, 2.05) is 21.1 Å². The predicted octanol–water partition coefficient (Wildman–Crippen LogP) is 12.9. The number of phosphoric acid groups is 1. The van der Waals surface area contributed by atoms with Crippen LogP contribution in [0.15, 0.2) is 48.6 Å². The number of hydrogen-bond acceptors (Lipinski definition) is 5. The van der Waals surface area contributed by atoms with Gasteiger partial charge in [0.05, 0.1) is 34.4 Å². The Hall–Kier alpha value is -1.05. The topological polar surface area (TPSA) is 74.2 Å². The minimum absolute atomic E-state index is 0.0238. The minimum atomic E-state index is -4.15. The van der Waals surface area contributed by atoms with E-state index in [1.54, 1.807) is 0 Å². The third-order valence-electron chi connectivity index (χ3n) is 8.93. The van der Waals surface area contributed by atoms with Gasteiger partial charge in [0.25, 0.3) is 0 Å². The number of quaternary nitrogens is 1. The Morgan fingerprint density at radius 3 is 1.40 bits per heavy atom. The second kappa shape index (κ2) is 38.2. The van der Waals surface area contributed by atoms with Crippen LogP contribution in [0.1, 0.15) is 168 Å². The van der Waals surface area contributed by atoms with E-state index in [0.29, 0.717) is 30.8 Å². The maximum Gasteiger partial charge on any atom is 0.472 e. The molecule has 0 fully saturated rings. The van der Waals surface area contributed by atoms with E-state index in [2.05, 4.69) is 62.5 Å². The largest absolute Gasteiger partial charge is 0.472 e. The minimum Gasteiger partial charge on any atom is -0.379 e. The molecule has 0 aromatic heterocycles. The van der Waals surface area contributed by atoms with Crippen molar-refractivity contribution >= 4 is 7.82 Å². The summed E-state index contributed by atoms with van der Waals surface area (Å²) in [5.41, 5.74) is 0. The molecule has 8 heteroatoms. The molecule has 0 spiro atoms. The summed E-state index contributed by atoms with van der Waals surface area (Å²) in [5, 5.41) is 0. The maximum absolute atomic E-state index is 12.5. The van der Waals surface area contributed by atoms with Crippen LogP contribution in [0.3, 0.4) is 0 Å². The molecule has 2 atom stereocenters. The van der Waals surface area contributed by atoms with Gasteiger partial charge in [0.2, 0.25) is 0 Å². The lowest BCUT2D eigenvalue weighted by atomic mass is 10.1. The van der Waals surface area contributed by atoms with Gasteiger partial charge in [-0.05, 0) is 77.0 Å². The van der Waals surface area contributed by atoms with Crippen LogP contribution >= 0.6 is 7.82 Å². The molecule has 1 unspecified atom stereocenters. The van der Waals surface area contributed by atoms with Crippen molar-refractivity contribution in [1.29, 1.82) is 0 Å². The van der Waals surface area contributed by atoms with Crippen LogP contribution in [0.5, 0.6) is 0 Å². The number of likely N-dealkylation sites (N-methyl/N-ethyl adjacent to an activating group) is 1. The molecule has 0 saturated heterocycles. The van der Waals surface area contributed by atoms with Crippen LogP contribution < -0.4 is 0 Å². The molecule has 0 aliphatic carbocycles. The highest BCUT2D eigenvalue weighted by Gasteiger charge is 2.25. The second-order valence-corrected chi connectivity index (χ2v) is 16.8. The van der Waals surface area contributed by atoms with Gasteiger partial charge in [0.15, 0.2) is 0 Å². The molecule has 0 heterocycles. The van der Waals surface area contributed by atoms with Crippen LogP contribution in [-0.4, -0.2) is 76.2 Å². The van der Waals surface area contributed by atoms with Crippen LogP contribution in [0.2, 0.25) is 0 Å². The summed E-state index contributed by atoms with van der Waals surface area (Å²) < 4.78 is 35.7. The first-order valence-corrected chi connectivity index (χ1v) is 22.9. The molecular formula is C44H85NO6P+. The van der Waals surface area contributed by atoms with E-state index in [9.17, 15) is 9.46 Å². The lowest BCUT2D eigenvalue weighted by molar-refractivity contribution is -0.870. The fourth-order valence-electron chi connectivity index (χ4n) is 5.54. The van der Waals surface area contributed by atoms with Crippen LogP contribution in [0.25, 0.3) is 0 Å². The first kappa shape index (κ1) is 51.0. The van der Waals surface area contributed by atoms with Gasteiger partial charge >= 0.3 is 7.82 Å². The molecule has 0 aliphatic rings. The van der Waals surface area contributed by atoms with E-state index in [-0.39, 0.29) is 13.2 Å². The monoisotopic (exact) mass is 755 g/mol. The van der Waals surface area contributed by atoms with Gasteiger partial charge in [-0.25, -0.2) is 4.57 Å². The molecule has 0 bridgehead atoms. The molecule has 7 nitrogen and oxygen atoms in total. The number of nitrogens with zero attached hydrogens (tertiary/aromatic N) is 1. The normalized spacial score (nSPS) is 14.5. The summed E-state index contributed by atoms with van der Waals surface area (Å²) in [6.45, 7) is 6.84. The summed E-state index contributed by atoms with van der Waals surface area (Å²) in [6, 6.07) is 0. The quantitative estimate of drug-likeness (QED) is 0.0291. The third kappa shape index (κ3) is 41.7. The number of allylic oxidation sites excluding steroid dienone is 8. The van der Waals surface area contributed by atoms with Gasteiger partial charge in [-0.1, -0.05) is 140 Å². The number of rotatable bonds is 40. The summed E-state index contributed by atoms with van der Waals surface area (Å²) in [5.74, 6) is 0. The average Bonchev–Trinajstić information content (AvgIpc) is 3.10. The van der Waals surface area contributed by atoms with E-state index in [0.717, 1.165) is 44.9 Å². The fourth-order valence-corrected chi connectivity index (χ4v) is 6.28. The van der Waals surface area contributed by atoms with E-state index >= 15 is 0 Å². The van der Waals surface area contributed by atoms with Crippen molar-refractivity contribution in [2.24, 2.45) is 0 Å². The molecule has 0 saturated carbocycles. The van der Waals surface area contributed by atoms with Gasteiger partial charge in [-0.2, -0.15) is 0 Å². The molecule has 306 valence electrons. The molecule has 0 rings (SSSR count). The molecular weight excluding hydrogens is 669 g/mol. The van der Waals surface area contributed by atoms with Crippen LogP contribution in [0, 0.1) is 0 Å². The zero-order chi connectivity index (χ0) is 38.3. The Bertz CT molecular complexity index is 913. The lowest BCUT2D eigenvalue weighted by Gasteiger charge is -2.24. The number of unbranched alkanes of at least 4 members (excludes halogenated alkanes) is 18. The van der Waals surface area contributed by atoms with Gasteiger partial charge in [0, 0.05) is 13.2 Å². The Balaban J connectivity index is 4.17. The highest BCUT2D eigenvalue weighted by Crippen LogP contribution is 2.43. The Kier molecular flexibility index (Phi) is 37.5. The second-order valence-electron chi connectivity index (χ2n) is 15.3. The first-order chi connectivity index (χ1) is 25.2. The van der Waals surface area contributed by atoms with Crippen molar-refractivity contribution in [3.63, 3.8) is 0 Å². The highest BCUT2D eigenvalue weighted by molar-refractivity contribution is 7.47. The van der Waals surface area contributed by atoms with Crippen molar-refractivity contribution in [2.75, 3.05) is 60.7 Å². The SMILES string of the molecule is CCCCCC=CCC=CCCCCCCCCOC[C@H](COP(=O)(O)OCC[N+](C)(C)C)OCCCCCCCCC=CCC=CCCCCC. The zero-order valence-electron chi connectivity index (χ0n) is 34.8. The van der Waals surface area contributed by atoms with E-state index < -0.39 is 13.9 Å². The van der Waals surface area contributed by atoms with Crippen molar-refractivity contribution in [2.45, 2.75) is 174 Å². The van der Waals surface area contributed by atoms with Crippen molar-refractivity contribution < 1.29 is 32.5 Å². The van der Waals surface area contributed by atoms with Gasteiger partial charge in [-0.15, -0.1) is 0 Å². The fraction of sp³-hybridized carbons (Fsp3) is 0.818. The first-order valence-electron chi connectivity index (χ1n) is 21.4. The van der Waals surface area contributed by atoms with Gasteiger partial charge in [0.1, 0.15) is 19.3 Å². The molecule has 1 N–H and O–H groups in total. The summed E-state index contributed by atoms with van der Waals surface area (Å²) >= 11 is 0.